The minimum Gasteiger partial charge on any atom is -0.208 e. The molecular formula is C51H33N3S. The molecule has 0 aliphatic heterocycles. The van der Waals surface area contributed by atoms with E-state index in [2.05, 4.69) is 36.4 Å². The van der Waals surface area contributed by atoms with Crippen molar-refractivity contribution in [2.45, 2.75) is 0 Å². The van der Waals surface area contributed by atoms with Crippen LogP contribution in [0.1, 0.15) is 9.60 Å². The Balaban J connectivity index is 1.24. The second-order valence-corrected chi connectivity index (χ2v) is 14.1. The van der Waals surface area contributed by atoms with E-state index in [1.54, 1.807) is 0 Å². The van der Waals surface area contributed by atoms with Crippen LogP contribution in [-0.4, -0.2) is 15.0 Å². The molecule has 0 aliphatic rings. The van der Waals surface area contributed by atoms with E-state index in [4.69, 9.17) is 23.2 Å². The zero-order chi connectivity index (χ0) is 42.6. The minimum absolute atomic E-state index is 0.200. The van der Waals surface area contributed by atoms with Crippen molar-refractivity contribution in [1.29, 1.82) is 0 Å². The Morgan fingerprint density at radius 1 is 0.345 bits per heavy atom. The number of hydrogen-bond acceptors (Lipinski definition) is 4. The highest BCUT2D eigenvalue weighted by Gasteiger charge is 2.17. The summed E-state index contributed by atoms with van der Waals surface area (Å²) in [5.41, 5.74) is 8.82. The van der Waals surface area contributed by atoms with Crippen LogP contribution in [0.3, 0.4) is 0 Å². The molecule has 0 aliphatic carbocycles. The zero-order valence-corrected chi connectivity index (χ0v) is 30.1. The van der Waals surface area contributed by atoms with Gasteiger partial charge in [0.05, 0.1) is 9.60 Å². The maximum absolute atomic E-state index is 9.37. The molecule has 2 heterocycles. The van der Waals surface area contributed by atoms with Crippen LogP contribution in [-0.2, 0) is 0 Å². The largest absolute Gasteiger partial charge is 0.208 e. The van der Waals surface area contributed by atoms with Gasteiger partial charge in [0.2, 0.25) is 0 Å². The average molecular weight is 727 g/mol. The average Bonchev–Trinajstić information content (AvgIpc) is 3.73. The molecule has 0 unspecified atom stereocenters. The standard InChI is InChI=1S/C51H33N3S/c1-4-14-34(15-5-1)37-26-28-38(29-27-37)49-52-50(40-21-12-20-39(30-40)35-16-6-2-7-17-35)54-51(53-49)43-32-41(36-18-8-3-9-19-36)31-42(33-43)44-23-13-25-47-48(44)45-22-10-11-24-46(45)55-47/h1-33H/i10D,11D,13D,22D,23D,24D,25D. The van der Waals surface area contributed by atoms with Gasteiger partial charge in [-0.1, -0.05) is 164 Å². The number of benzene rings is 8. The van der Waals surface area contributed by atoms with E-state index < -0.39 is 6.04 Å². The monoisotopic (exact) mass is 726 g/mol. The fourth-order valence-corrected chi connectivity index (χ4v) is 7.92. The number of rotatable bonds is 7. The lowest BCUT2D eigenvalue weighted by Gasteiger charge is -2.14. The van der Waals surface area contributed by atoms with Crippen LogP contribution in [0.25, 0.3) is 98.8 Å². The zero-order valence-electron chi connectivity index (χ0n) is 36.3. The SMILES string of the molecule is [2H]c1c([2H])c([2H])c2c(sc3c([2H])c([2H])c([2H])c(-c4cc(-c5ccccc5)cc(-c5nc(-c6ccc(-c7ccccc7)cc6)nc(-c6cccc(-c7ccccc7)c6)n5)c4)c32)c1[2H]. The summed E-state index contributed by atoms with van der Waals surface area (Å²) < 4.78 is 62.5. The van der Waals surface area contributed by atoms with Gasteiger partial charge in [-0.2, -0.15) is 0 Å². The molecule has 10 aromatic rings. The van der Waals surface area contributed by atoms with Gasteiger partial charge < -0.3 is 0 Å². The highest BCUT2D eigenvalue weighted by Crippen LogP contribution is 2.42. The Bertz CT molecular complexity index is 3360. The normalized spacial score (nSPS) is 13.1. The summed E-state index contributed by atoms with van der Waals surface area (Å²) in [5.74, 6) is 1.28. The van der Waals surface area contributed by atoms with E-state index in [9.17, 15) is 1.37 Å². The number of thiophene rings is 1. The van der Waals surface area contributed by atoms with Gasteiger partial charge in [0.25, 0.3) is 0 Å². The lowest BCUT2D eigenvalue weighted by atomic mass is 9.93. The van der Waals surface area contributed by atoms with Crippen LogP contribution in [0.2, 0.25) is 0 Å². The van der Waals surface area contributed by atoms with Gasteiger partial charge in [-0.3, -0.25) is 0 Å². The summed E-state index contributed by atoms with van der Waals surface area (Å²) in [6.45, 7) is 0. The summed E-state index contributed by atoms with van der Waals surface area (Å²) in [4.78, 5) is 15.3. The van der Waals surface area contributed by atoms with E-state index in [0.29, 0.717) is 38.7 Å². The van der Waals surface area contributed by atoms with Crippen LogP contribution in [0.4, 0.5) is 0 Å². The van der Waals surface area contributed by atoms with Crippen molar-refractivity contribution in [3.8, 4) is 78.7 Å². The van der Waals surface area contributed by atoms with Gasteiger partial charge in [0.1, 0.15) is 0 Å². The van der Waals surface area contributed by atoms with E-state index >= 15 is 0 Å². The molecule has 258 valence electrons. The molecule has 2 aromatic heterocycles. The summed E-state index contributed by atoms with van der Waals surface area (Å²) in [7, 11) is 0. The maximum Gasteiger partial charge on any atom is 0.164 e. The van der Waals surface area contributed by atoms with Crippen molar-refractivity contribution in [2.75, 3.05) is 0 Å². The highest BCUT2D eigenvalue weighted by molar-refractivity contribution is 7.25. The molecule has 10 rings (SSSR count). The molecule has 0 radical (unpaired) electrons. The quantitative estimate of drug-likeness (QED) is 0.164. The van der Waals surface area contributed by atoms with Crippen LogP contribution in [0.15, 0.2) is 200 Å². The summed E-state index contributed by atoms with van der Waals surface area (Å²) in [6.07, 6.45) is 0. The van der Waals surface area contributed by atoms with Crippen LogP contribution >= 0.6 is 11.3 Å². The first-order valence-electron chi connectivity index (χ1n) is 21.4. The second-order valence-electron chi connectivity index (χ2n) is 13.1. The third-order valence-corrected chi connectivity index (χ3v) is 10.7. The molecular weight excluding hydrogens is 687 g/mol. The predicted molar refractivity (Wildman–Crippen MR) is 231 cm³/mol. The number of fused-ring (bicyclic) bond motifs is 3. The molecule has 0 bridgehead atoms. The fourth-order valence-electron chi connectivity index (χ4n) is 6.95. The predicted octanol–water partition coefficient (Wildman–Crippen LogP) is 13.9. The van der Waals surface area contributed by atoms with Crippen LogP contribution < -0.4 is 0 Å². The van der Waals surface area contributed by atoms with Gasteiger partial charge in [0, 0.05) is 36.9 Å². The maximum atomic E-state index is 9.37. The molecule has 0 atom stereocenters. The molecule has 8 aromatic carbocycles. The first-order chi connectivity index (χ1) is 30.1. The van der Waals surface area contributed by atoms with Crippen molar-refractivity contribution in [1.82, 2.24) is 15.0 Å². The fraction of sp³-hybridized carbons (Fsp3) is 0. The highest BCUT2D eigenvalue weighted by atomic mass is 32.1. The molecule has 0 fully saturated rings. The van der Waals surface area contributed by atoms with Crippen molar-refractivity contribution < 1.29 is 9.60 Å². The van der Waals surface area contributed by atoms with Gasteiger partial charge in [-0.25, -0.2) is 15.0 Å². The topological polar surface area (TPSA) is 38.7 Å². The molecule has 55 heavy (non-hydrogen) atoms. The molecule has 0 spiro atoms. The van der Waals surface area contributed by atoms with Crippen molar-refractivity contribution in [2.24, 2.45) is 0 Å². The number of aromatic nitrogens is 3. The van der Waals surface area contributed by atoms with Crippen molar-refractivity contribution >= 4 is 31.5 Å². The smallest absolute Gasteiger partial charge is 0.164 e. The van der Waals surface area contributed by atoms with Crippen LogP contribution in [0.5, 0.6) is 0 Å². The van der Waals surface area contributed by atoms with Gasteiger partial charge >= 0.3 is 0 Å². The van der Waals surface area contributed by atoms with Gasteiger partial charge in [-0.15, -0.1) is 11.3 Å². The van der Waals surface area contributed by atoms with Crippen molar-refractivity contribution in [3.05, 3.63) is 200 Å². The molecule has 0 N–H and O–H groups in total. The van der Waals surface area contributed by atoms with Crippen molar-refractivity contribution in [3.63, 3.8) is 0 Å². The Morgan fingerprint density at radius 2 is 0.818 bits per heavy atom. The summed E-state index contributed by atoms with van der Waals surface area (Å²) in [6, 6.07) is 50.0. The van der Waals surface area contributed by atoms with E-state index in [1.807, 2.05) is 121 Å². The first kappa shape index (κ1) is 25.9. The minimum atomic E-state index is -0.404. The molecule has 4 heteroatoms. The lowest BCUT2D eigenvalue weighted by molar-refractivity contribution is 1.07. The molecule has 0 saturated carbocycles. The van der Waals surface area contributed by atoms with E-state index in [0.717, 1.165) is 55.8 Å². The Morgan fingerprint density at radius 3 is 1.53 bits per heavy atom. The number of hydrogen-bond donors (Lipinski definition) is 0. The summed E-state index contributed by atoms with van der Waals surface area (Å²) >= 11 is 1.05. The Kier molecular flexibility index (Phi) is 6.63. The molecule has 0 amide bonds. The first-order valence-corrected chi connectivity index (χ1v) is 18.7. The van der Waals surface area contributed by atoms with Gasteiger partial charge in [0.15, 0.2) is 17.5 Å². The third kappa shape index (κ3) is 6.39. The Hall–Kier alpha value is -7.01. The second kappa shape index (κ2) is 14.1. The summed E-state index contributed by atoms with van der Waals surface area (Å²) in [5, 5.41) is 0.564. The third-order valence-electron chi connectivity index (χ3n) is 9.65. The molecule has 3 nitrogen and oxygen atoms in total. The Labute approximate surface area is 333 Å². The van der Waals surface area contributed by atoms with E-state index in [1.165, 1.54) is 0 Å². The van der Waals surface area contributed by atoms with E-state index in [-0.39, 0.29) is 51.9 Å². The van der Waals surface area contributed by atoms with Crippen LogP contribution in [0, 0.1) is 0 Å². The molecule has 0 saturated heterocycles. The van der Waals surface area contributed by atoms with Gasteiger partial charge in [-0.05, 0) is 80.9 Å². The lowest BCUT2D eigenvalue weighted by Crippen LogP contribution is -2.01. The number of nitrogens with zero attached hydrogens (tertiary/aromatic N) is 3.